The minimum atomic E-state index is 0.158. The first-order chi connectivity index (χ1) is 8.97. The van der Waals surface area contributed by atoms with E-state index in [1.807, 2.05) is 0 Å². The Balaban J connectivity index is 2.16. The summed E-state index contributed by atoms with van der Waals surface area (Å²) in [5.74, 6) is 0.586. The topological polar surface area (TPSA) is 46.3 Å². The van der Waals surface area contributed by atoms with Gasteiger partial charge in [0.05, 0.1) is 0 Å². The molecule has 1 heterocycles. The van der Waals surface area contributed by atoms with E-state index in [2.05, 4.69) is 25.7 Å². The van der Waals surface area contributed by atoms with Gasteiger partial charge in [0, 0.05) is 24.5 Å². The minimum Gasteiger partial charge on any atom is -0.335 e. The van der Waals surface area contributed by atoms with Crippen LogP contribution in [0.3, 0.4) is 0 Å². The highest BCUT2D eigenvalue weighted by Gasteiger charge is 2.42. The maximum atomic E-state index is 13.0. The summed E-state index contributed by atoms with van der Waals surface area (Å²) in [5, 5.41) is 0. The van der Waals surface area contributed by atoms with E-state index in [9.17, 15) is 4.79 Å². The third kappa shape index (κ3) is 2.96. The summed E-state index contributed by atoms with van der Waals surface area (Å²) in [5.41, 5.74) is 6.06. The van der Waals surface area contributed by atoms with Crippen molar-refractivity contribution in [1.29, 1.82) is 0 Å². The first-order valence-electron chi connectivity index (χ1n) is 7.99. The van der Waals surface area contributed by atoms with Crippen molar-refractivity contribution >= 4 is 5.91 Å². The normalized spacial score (nSPS) is 35.2. The number of hydrogen-bond donors (Lipinski definition) is 1. The van der Waals surface area contributed by atoms with Gasteiger partial charge in [0.15, 0.2) is 0 Å². The standard InChI is InChI=1S/C16H30N2O/c1-12-7-6-8-13(11-17)18(12)15(19)14-9-4-5-10-16(14,2)3/h12-14H,4-11,17H2,1-3H3. The van der Waals surface area contributed by atoms with Crippen LogP contribution < -0.4 is 5.73 Å². The fourth-order valence-electron chi connectivity index (χ4n) is 4.05. The first kappa shape index (κ1) is 14.8. The van der Waals surface area contributed by atoms with Crippen molar-refractivity contribution in [1.82, 2.24) is 4.90 Å². The fraction of sp³-hybridized carbons (Fsp3) is 0.938. The molecule has 2 rings (SSSR count). The van der Waals surface area contributed by atoms with Crippen molar-refractivity contribution in [3.63, 3.8) is 0 Å². The number of carbonyl (C=O) groups excluding carboxylic acids is 1. The minimum absolute atomic E-state index is 0.158. The number of carbonyl (C=O) groups is 1. The molecule has 2 fully saturated rings. The molecule has 1 saturated heterocycles. The van der Waals surface area contributed by atoms with Gasteiger partial charge in [0.2, 0.25) is 5.91 Å². The number of hydrogen-bond acceptors (Lipinski definition) is 2. The Labute approximate surface area is 117 Å². The highest BCUT2D eigenvalue weighted by molar-refractivity contribution is 5.80. The molecule has 1 amide bonds. The molecule has 3 unspecified atom stereocenters. The first-order valence-corrected chi connectivity index (χ1v) is 7.99. The summed E-state index contributed by atoms with van der Waals surface area (Å²) in [6.07, 6.45) is 8.14. The van der Waals surface area contributed by atoms with Crippen LogP contribution in [-0.2, 0) is 4.79 Å². The Hall–Kier alpha value is -0.570. The third-order valence-corrected chi connectivity index (χ3v) is 5.36. The maximum absolute atomic E-state index is 13.0. The number of amides is 1. The molecule has 110 valence electrons. The molecule has 2 aliphatic rings. The largest absolute Gasteiger partial charge is 0.335 e. The summed E-state index contributed by atoms with van der Waals surface area (Å²) in [7, 11) is 0. The van der Waals surface area contributed by atoms with Crippen LogP contribution in [0.2, 0.25) is 0 Å². The highest BCUT2D eigenvalue weighted by atomic mass is 16.2. The molecule has 1 saturated carbocycles. The van der Waals surface area contributed by atoms with Gasteiger partial charge >= 0.3 is 0 Å². The molecule has 0 aromatic carbocycles. The second-order valence-electron chi connectivity index (χ2n) is 7.20. The number of nitrogens with two attached hydrogens (primary N) is 1. The van der Waals surface area contributed by atoms with E-state index in [1.54, 1.807) is 0 Å². The molecule has 0 bridgehead atoms. The molecule has 2 N–H and O–H groups in total. The van der Waals surface area contributed by atoms with E-state index in [1.165, 1.54) is 25.7 Å². The van der Waals surface area contributed by atoms with Crippen molar-refractivity contribution in [2.45, 2.75) is 77.8 Å². The van der Waals surface area contributed by atoms with Crippen LogP contribution in [0, 0.1) is 11.3 Å². The third-order valence-electron chi connectivity index (χ3n) is 5.36. The lowest BCUT2D eigenvalue weighted by Crippen LogP contribution is -2.55. The molecular weight excluding hydrogens is 236 g/mol. The van der Waals surface area contributed by atoms with Crippen molar-refractivity contribution in [3.8, 4) is 0 Å². The second-order valence-corrected chi connectivity index (χ2v) is 7.20. The van der Waals surface area contributed by atoms with Crippen LogP contribution in [0.15, 0.2) is 0 Å². The molecule has 1 aliphatic carbocycles. The zero-order valence-corrected chi connectivity index (χ0v) is 12.8. The van der Waals surface area contributed by atoms with Gasteiger partial charge in [-0.3, -0.25) is 4.79 Å². The molecule has 3 atom stereocenters. The zero-order chi connectivity index (χ0) is 14.0. The van der Waals surface area contributed by atoms with Gasteiger partial charge in [-0.25, -0.2) is 0 Å². The molecule has 1 aliphatic heterocycles. The van der Waals surface area contributed by atoms with Gasteiger partial charge in [-0.15, -0.1) is 0 Å². The van der Waals surface area contributed by atoms with Crippen LogP contribution in [0.5, 0.6) is 0 Å². The molecule has 3 nitrogen and oxygen atoms in total. The predicted molar refractivity (Wildman–Crippen MR) is 78.7 cm³/mol. The molecule has 0 radical (unpaired) electrons. The monoisotopic (exact) mass is 266 g/mol. The molecule has 19 heavy (non-hydrogen) atoms. The second kappa shape index (κ2) is 5.82. The molecule has 3 heteroatoms. The maximum Gasteiger partial charge on any atom is 0.226 e. The van der Waals surface area contributed by atoms with Crippen LogP contribution in [0.25, 0.3) is 0 Å². The Morgan fingerprint density at radius 2 is 1.95 bits per heavy atom. The SMILES string of the molecule is CC1CCCC(CN)N1C(=O)C1CCCCC1(C)C. The summed E-state index contributed by atoms with van der Waals surface area (Å²) in [4.78, 5) is 15.2. The van der Waals surface area contributed by atoms with Gasteiger partial charge in [-0.05, 0) is 44.4 Å². The van der Waals surface area contributed by atoms with Crippen molar-refractivity contribution in [2.75, 3.05) is 6.54 Å². The van der Waals surface area contributed by atoms with Crippen LogP contribution >= 0.6 is 0 Å². The van der Waals surface area contributed by atoms with E-state index in [-0.39, 0.29) is 17.4 Å². The Morgan fingerprint density at radius 1 is 1.21 bits per heavy atom. The van der Waals surface area contributed by atoms with Gasteiger partial charge in [-0.1, -0.05) is 26.7 Å². The number of piperidine rings is 1. The van der Waals surface area contributed by atoms with E-state index in [0.717, 1.165) is 19.3 Å². The van der Waals surface area contributed by atoms with Crippen LogP contribution in [0.1, 0.15) is 65.7 Å². The zero-order valence-electron chi connectivity index (χ0n) is 12.8. The number of likely N-dealkylation sites (tertiary alicyclic amines) is 1. The predicted octanol–water partition coefficient (Wildman–Crippen LogP) is 2.93. The van der Waals surface area contributed by atoms with E-state index in [4.69, 9.17) is 5.73 Å². The number of nitrogens with zero attached hydrogens (tertiary/aromatic N) is 1. The van der Waals surface area contributed by atoms with Crippen molar-refractivity contribution in [3.05, 3.63) is 0 Å². The van der Waals surface area contributed by atoms with Gasteiger partial charge < -0.3 is 10.6 Å². The lowest BCUT2D eigenvalue weighted by molar-refractivity contribution is -0.147. The lowest BCUT2D eigenvalue weighted by atomic mass is 9.68. The Morgan fingerprint density at radius 3 is 2.58 bits per heavy atom. The summed E-state index contributed by atoms with van der Waals surface area (Å²) >= 11 is 0. The lowest BCUT2D eigenvalue weighted by Gasteiger charge is -2.46. The highest BCUT2D eigenvalue weighted by Crippen LogP contribution is 2.42. The quantitative estimate of drug-likeness (QED) is 0.835. The molecule has 0 aromatic heterocycles. The smallest absolute Gasteiger partial charge is 0.226 e. The summed E-state index contributed by atoms with van der Waals surface area (Å²) in [6.45, 7) is 7.33. The van der Waals surface area contributed by atoms with Crippen molar-refractivity contribution in [2.24, 2.45) is 17.1 Å². The van der Waals surface area contributed by atoms with E-state index in [0.29, 0.717) is 18.5 Å². The van der Waals surface area contributed by atoms with Crippen molar-refractivity contribution < 1.29 is 4.79 Å². The molecular formula is C16H30N2O. The fourth-order valence-corrected chi connectivity index (χ4v) is 4.05. The van der Waals surface area contributed by atoms with Crippen LogP contribution in [0.4, 0.5) is 0 Å². The average Bonchev–Trinajstić information content (AvgIpc) is 2.37. The van der Waals surface area contributed by atoms with Gasteiger partial charge in [0.1, 0.15) is 0 Å². The van der Waals surface area contributed by atoms with Crippen LogP contribution in [-0.4, -0.2) is 29.4 Å². The molecule has 0 aromatic rings. The van der Waals surface area contributed by atoms with Gasteiger partial charge in [0.25, 0.3) is 0 Å². The summed E-state index contributed by atoms with van der Waals surface area (Å²) in [6, 6.07) is 0.640. The molecule has 0 spiro atoms. The average molecular weight is 266 g/mol. The Kier molecular flexibility index (Phi) is 4.54. The van der Waals surface area contributed by atoms with E-state index < -0.39 is 0 Å². The number of rotatable bonds is 2. The Bertz CT molecular complexity index is 327. The van der Waals surface area contributed by atoms with E-state index >= 15 is 0 Å². The van der Waals surface area contributed by atoms with Gasteiger partial charge in [-0.2, -0.15) is 0 Å². The summed E-state index contributed by atoms with van der Waals surface area (Å²) < 4.78 is 0.